The van der Waals surface area contributed by atoms with Gasteiger partial charge in [0.2, 0.25) is 0 Å². The van der Waals surface area contributed by atoms with Crippen LogP contribution in [0.25, 0.3) is 11.1 Å². The molecule has 2 aromatic rings. The zero-order valence-electron chi connectivity index (χ0n) is 15.9. The molecule has 6 heteroatoms. The molecule has 0 aromatic heterocycles. The number of likely N-dealkylation sites (tertiary alicyclic amines) is 1. The molecule has 2 aliphatic rings. The minimum Gasteiger partial charge on any atom is -0.497 e. The third-order valence-corrected chi connectivity index (χ3v) is 6.13. The van der Waals surface area contributed by atoms with Crippen LogP contribution in [0.2, 0.25) is 0 Å². The smallest absolute Gasteiger partial charge is 0.256 e. The fourth-order valence-electron chi connectivity index (χ4n) is 4.29. The van der Waals surface area contributed by atoms with E-state index in [1.807, 2.05) is 0 Å². The van der Waals surface area contributed by atoms with Crippen molar-refractivity contribution in [2.75, 3.05) is 33.3 Å². The van der Waals surface area contributed by atoms with Crippen molar-refractivity contribution in [3.8, 4) is 16.9 Å². The Hall–Kier alpha value is -2.47. The predicted molar refractivity (Wildman–Crippen MR) is 103 cm³/mol. The molecular formula is C22H24F2N2O2. The number of hydrogen-bond donors (Lipinski definition) is 1. The lowest BCUT2D eigenvalue weighted by molar-refractivity contribution is 0.0603. The Balaban J connectivity index is 1.51. The summed E-state index contributed by atoms with van der Waals surface area (Å²) in [5, 5.41) is 3.40. The Kier molecular flexibility index (Phi) is 5.06. The molecule has 2 fully saturated rings. The van der Waals surface area contributed by atoms with Gasteiger partial charge < -0.3 is 15.0 Å². The van der Waals surface area contributed by atoms with Crippen LogP contribution < -0.4 is 10.1 Å². The minimum absolute atomic E-state index is 0.0400. The van der Waals surface area contributed by atoms with Gasteiger partial charge in [0.05, 0.1) is 12.7 Å². The van der Waals surface area contributed by atoms with E-state index in [2.05, 4.69) is 5.32 Å². The lowest BCUT2D eigenvalue weighted by Gasteiger charge is -2.39. The number of halogens is 2. The number of methoxy groups -OCH3 is 1. The Labute approximate surface area is 163 Å². The summed E-state index contributed by atoms with van der Waals surface area (Å²) in [6, 6.07) is 8.70. The molecule has 1 amide bonds. The number of benzene rings is 2. The molecule has 0 saturated carbocycles. The van der Waals surface area contributed by atoms with Crippen LogP contribution in [0.15, 0.2) is 36.4 Å². The summed E-state index contributed by atoms with van der Waals surface area (Å²) in [5.74, 6) is -1.02. The molecule has 2 heterocycles. The Morgan fingerprint density at radius 3 is 2.46 bits per heavy atom. The number of nitrogens with one attached hydrogen (secondary N) is 1. The second-order valence-electron chi connectivity index (χ2n) is 7.76. The van der Waals surface area contributed by atoms with Gasteiger partial charge in [-0.3, -0.25) is 4.79 Å². The average molecular weight is 386 g/mol. The van der Waals surface area contributed by atoms with Crippen LogP contribution in [-0.4, -0.2) is 44.1 Å². The van der Waals surface area contributed by atoms with Crippen LogP contribution in [0, 0.1) is 17.0 Å². The maximum Gasteiger partial charge on any atom is 0.256 e. The SMILES string of the molecule is COc1ccc(-c2ccc(C(=O)N3CCC4(CCNC4)CC3)c(F)c2)c(F)c1. The molecule has 0 unspecified atom stereocenters. The van der Waals surface area contributed by atoms with Gasteiger partial charge >= 0.3 is 0 Å². The standard InChI is InChI=1S/C22H24F2N2O2/c1-28-16-3-5-17(20(24)13-16)15-2-4-18(19(23)12-15)21(27)26-10-7-22(8-11-26)6-9-25-14-22/h2-5,12-13,25H,6-11,14H2,1H3. The van der Waals surface area contributed by atoms with Gasteiger partial charge in [-0.1, -0.05) is 6.07 Å². The van der Waals surface area contributed by atoms with Crippen molar-refractivity contribution in [1.82, 2.24) is 10.2 Å². The molecule has 1 spiro atoms. The fraction of sp³-hybridized carbons (Fsp3) is 0.409. The molecule has 4 nitrogen and oxygen atoms in total. The van der Waals surface area contributed by atoms with E-state index in [0.717, 1.165) is 32.4 Å². The summed E-state index contributed by atoms with van der Waals surface area (Å²) in [4.78, 5) is 14.5. The summed E-state index contributed by atoms with van der Waals surface area (Å²) < 4.78 is 34.0. The number of carbonyl (C=O) groups is 1. The highest BCUT2D eigenvalue weighted by Crippen LogP contribution is 2.37. The number of piperidine rings is 1. The van der Waals surface area contributed by atoms with Crippen molar-refractivity contribution in [2.45, 2.75) is 19.3 Å². The number of hydrogen-bond acceptors (Lipinski definition) is 3. The average Bonchev–Trinajstić information content (AvgIpc) is 3.16. The first-order chi connectivity index (χ1) is 13.5. The van der Waals surface area contributed by atoms with Gasteiger partial charge in [-0.05, 0) is 61.1 Å². The van der Waals surface area contributed by atoms with Crippen LogP contribution in [0.1, 0.15) is 29.6 Å². The van der Waals surface area contributed by atoms with E-state index in [-0.39, 0.29) is 17.0 Å². The first-order valence-corrected chi connectivity index (χ1v) is 9.65. The van der Waals surface area contributed by atoms with Gasteiger partial charge in [-0.2, -0.15) is 0 Å². The maximum atomic E-state index is 14.7. The quantitative estimate of drug-likeness (QED) is 0.871. The molecule has 2 aromatic carbocycles. The first-order valence-electron chi connectivity index (χ1n) is 9.65. The maximum absolute atomic E-state index is 14.7. The molecule has 4 rings (SSSR count). The molecule has 1 N–H and O–H groups in total. The first kappa shape index (κ1) is 18.9. The Morgan fingerprint density at radius 1 is 1.07 bits per heavy atom. The van der Waals surface area contributed by atoms with Crippen LogP contribution in [0.5, 0.6) is 5.75 Å². The molecule has 0 bridgehead atoms. The Morgan fingerprint density at radius 2 is 1.86 bits per heavy atom. The number of carbonyl (C=O) groups excluding carboxylic acids is 1. The van der Waals surface area contributed by atoms with Crippen molar-refractivity contribution in [1.29, 1.82) is 0 Å². The third kappa shape index (κ3) is 3.49. The molecule has 2 saturated heterocycles. The molecule has 0 radical (unpaired) electrons. The number of rotatable bonds is 3. The van der Waals surface area contributed by atoms with E-state index in [1.165, 1.54) is 25.3 Å². The van der Waals surface area contributed by atoms with Crippen molar-refractivity contribution in [2.24, 2.45) is 5.41 Å². The van der Waals surface area contributed by atoms with Crippen molar-refractivity contribution < 1.29 is 18.3 Å². The zero-order chi connectivity index (χ0) is 19.7. The third-order valence-electron chi connectivity index (χ3n) is 6.13. The van der Waals surface area contributed by atoms with Gasteiger partial charge in [0, 0.05) is 31.3 Å². The summed E-state index contributed by atoms with van der Waals surface area (Å²) in [7, 11) is 1.46. The topological polar surface area (TPSA) is 41.6 Å². The van der Waals surface area contributed by atoms with Crippen molar-refractivity contribution in [3.63, 3.8) is 0 Å². The van der Waals surface area contributed by atoms with Crippen LogP contribution in [0.3, 0.4) is 0 Å². The van der Waals surface area contributed by atoms with Gasteiger partial charge in [0.1, 0.15) is 17.4 Å². The van der Waals surface area contributed by atoms with Crippen LogP contribution >= 0.6 is 0 Å². The van der Waals surface area contributed by atoms with E-state index in [9.17, 15) is 13.6 Å². The molecule has 28 heavy (non-hydrogen) atoms. The molecule has 2 aliphatic heterocycles. The lowest BCUT2D eigenvalue weighted by atomic mass is 9.78. The lowest BCUT2D eigenvalue weighted by Crippen LogP contribution is -2.44. The van der Waals surface area contributed by atoms with Crippen LogP contribution in [0.4, 0.5) is 8.78 Å². The summed E-state index contributed by atoms with van der Waals surface area (Å²) >= 11 is 0. The second-order valence-corrected chi connectivity index (χ2v) is 7.76. The van der Waals surface area contributed by atoms with E-state index in [4.69, 9.17) is 4.74 Å². The van der Waals surface area contributed by atoms with E-state index in [0.29, 0.717) is 29.8 Å². The van der Waals surface area contributed by atoms with Crippen molar-refractivity contribution >= 4 is 5.91 Å². The van der Waals surface area contributed by atoms with E-state index in [1.54, 1.807) is 23.1 Å². The highest BCUT2D eigenvalue weighted by Gasteiger charge is 2.38. The van der Waals surface area contributed by atoms with E-state index >= 15 is 0 Å². The summed E-state index contributed by atoms with van der Waals surface area (Å²) in [6.07, 6.45) is 3.04. The normalized spacial score (nSPS) is 18.5. The van der Waals surface area contributed by atoms with Gasteiger partial charge in [-0.15, -0.1) is 0 Å². The minimum atomic E-state index is -0.625. The number of nitrogens with zero attached hydrogens (tertiary/aromatic N) is 1. The Bertz CT molecular complexity index is 884. The number of ether oxygens (including phenoxy) is 1. The van der Waals surface area contributed by atoms with Gasteiger partial charge in [0.15, 0.2) is 0 Å². The molecule has 0 aliphatic carbocycles. The van der Waals surface area contributed by atoms with Crippen molar-refractivity contribution in [3.05, 3.63) is 53.6 Å². The van der Waals surface area contributed by atoms with Gasteiger partial charge in [0.25, 0.3) is 5.91 Å². The molecule has 0 atom stereocenters. The monoisotopic (exact) mass is 386 g/mol. The zero-order valence-corrected chi connectivity index (χ0v) is 15.9. The largest absolute Gasteiger partial charge is 0.497 e. The van der Waals surface area contributed by atoms with Crippen LogP contribution in [-0.2, 0) is 0 Å². The second kappa shape index (κ2) is 7.51. The molecule has 148 valence electrons. The molecular weight excluding hydrogens is 362 g/mol. The highest BCUT2D eigenvalue weighted by atomic mass is 19.1. The summed E-state index contributed by atoms with van der Waals surface area (Å²) in [6.45, 7) is 3.33. The summed E-state index contributed by atoms with van der Waals surface area (Å²) in [5.41, 5.74) is 1.000. The fourth-order valence-corrected chi connectivity index (χ4v) is 4.29. The number of amides is 1. The highest BCUT2D eigenvalue weighted by molar-refractivity contribution is 5.95. The predicted octanol–water partition coefficient (Wildman–Crippen LogP) is 3.86. The van der Waals surface area contributed by atoms with Gasteiger partial charge in [-0.25, -0.2) is 8.78 Å². The van der Waals surface area contributed by atoms with E-state index < -0.39 is 11.6 Å².